The van der Waals surface area contributed by atoms with Crippen molar-refractivity contribution in [2.75, 3.05) is 26.7 Å². The van der Waals surface area contributed by atoms with Crippen LogP contribution >= 0.6 is 11.6 Å². The predicted molar refractivity (Wildman–Crippen MR) is 99.8 cm³/mol. The second kappa shape index (κ2) is 6.88. The van der Waals surface area contributed by atoms with E-state index in [1.807, 2.05) is 6.07 Å². The lowest BCUT2D eigenvalue weighted by atomic mass is 9.96. The number of benzene rings is 1. The molecule has 2 aliphatic heterocycles. The summed E-state index contributed by atoms with van der Waals surface area (Å²) in [5.41, 5.74) is 1.75. The number of nitrogens with one attached hydrogen (secondary N) is 2. The molecular formula is C19H21ClN4O3. The predicted octanol–water partition coefficient (Wildman–Crippen LogP) is 1.66. The zero-order valence-corrected chi connectivity index (χ0v) is 15.8. The maximum Gasteiger partial charge on any atom is 0.322 e. The molecule has 4 amide bonds. The topological polar surface area (TPSA) is 81.8 Å². The molecule has 0 saturated heterocycles. The van der Waals surface area contributed by atoms with E-state index in [1.165, 1.54) is 9.80 Å². The third kappa shape index (κ3) is 3.39. The first kappa shape index (κ1) is 17.9. The molecule has 4 rings (SSSR count). The number of urea groups is 1. The van der Waals surface area contributed by atoms with E-state index in [-0.39, 0.29) is 30.9 Å². The Hall–Kier alpha value is -2.54. The van der Waals surface area contributed by atoms with Gasteiger partial charge in [-0.2, -0.15) is 0 Å². The van der Waals surface area contributed by atoms with Gasteiger partial charge in [0.2, 0.25) is 5.91 Å². The molecule has 1 fully saturated rings. The molecule has 2 N–H and O–H groups in total. The third-order valence-corrected chi connectivity index (χ3v) is 5.61. The second-order valence-electron chi connectivity index (χ2n) is 7.23. The second-order valence-corrected chi connectivity index (χ2v) is 7.64. The first-order valence-electron chi connectivity index (χ1n) is 9.03. The largest absolute Gasteiger partial charge is 0.354 e. The fourth-order valence-electron chi connectivity index (χ4n) is 3.50. The minimum absolute atomic E-state index is 0.0180. The highest BCUT2D eigenvalue weighted by atomic mass is 35.5. The Morgan fingerprint density at radius 2 is 2.04 bits per heavy atom. The number of carbonyl (C=O) groups excluding carboxylic acids is 3. The molecule has 1 aromatic rings. The number of nitrogens with zero attached hydrogens (tertiary/aromatic N) is 2. The van der Waals surface area contributed by atoms with Crippen LogP contribution in [-0.2, 0) is 9.59 Å². The molecule has 1 aliphatic carbocycles. The minimum Gasteiger partial charge on any atom is -0.354 e. The van der Waals surface area contributed by atoms with E-state index in [0.717, 1.165) is 12.8 Å². The summed E-state index contributed by atoms with van der Waals surface area (Å²) in [6.45, 7) is 0.877. The summed E-state index contributed by atoms with van der Waals surface area (Å²) in [5, 5.41) is 6.20. The zero-order chi connectivity index (χ0) is 19.1. The van der Waals surface area contributed by atoms with Gasteiger partial charge < -0.3 is 15.5 Å². The number of carbonyl (C=O) groups is 3. The normalized spacial score (nSPS) is 22.1. The van der Waals surface area contributed by atoms with Gasteiger partial charge in [0.15, 0.2) is 0 Å². The van der Waals surface area contributed by atoms with Crippen LogP contribution in [0.25, 0.3) is 0 Å². The van der Waals surface area contributed by atoms with Gasteiger partial charge in [0.05, 0.1) is 23.9 Å². The SMILES string of the molecule is CN1C(=O)N[C@@H](c2ccccc2Cl)C2=C1CN(CC(=O)NCC1CC1)C2=O. The summed E-state index contributed by atoms with van der Waals surface area (Å²) in [5.74, 6) is 0.154. The molecule has 8 heteroatoms. The van der Waals surface area contributed by atoms with Gasteiger partial charge in [-0.25, -0.2) is 4.79 Å². The van der Waals surface area contributed by atoms with Crippen molar-refractivity contribution in [2.24, 2.45) is 5.92 Å². The molecule has 0 bridgehead atoms. The molecule has 2 heterocycles. The maximum absolute atomic E-state index is 13.0. The molecule has 1 atom stereocenters. The van der Waals surface area contributed by atoms with Crippen LogP contribution in [0.2, 0.25) is 5.02 Å². The first-order valence-corrected chi connectivity index (χ1v) is 9.41. The average Bonchev–Trinajstić information content (AvgIpc) is 3.42. The van der Waals surface area contributed by atoms with Gasteiger partial charge in [0.25, 0.3) is 5.91 Å². The Bertz CT molecular complexity index is 849. The fraction of sp³-hybridized carbons (Fsp3) is 0.421. The first-order chi connectivity index (χ1) is 13.0. The van der Waals surface area contributed by atoms with Crippen LogP contribution in [0.3, 0.4) is 0 Å². The van der Waals surface area contributed by atoms with Crippen molar-refractivity contribution in [1.82, 2.24) is 20.4 Å². The smallest absolute Gasteiger partial charge is 0.322 e. The molecule has 0 radical (unpaired) electrons. The van der Waals surface area contributed by atoms with E-state index in [4.69, 9.17) is 11.6 Å². The Labute approximate surface area is 162 Å². The molecule has 7 nitrogen and oxygen atoms in total. The summed E-state index contributed by atoms with van der Waals surface area (Å²) in [4.78, 5) is 40.5. The van der Waals surface area contributed by atoms with E-state index < -0.39 is 6.04 Å². The summed E-state index contributed by atoms with van der Waals surface area (Å²) in [6.07, 6.45) is 2.30. The van der Waals surface area contributed by atoms with Crippen LogP contribution < -0.4 is 10.6 Å². The molecule has 142 valence electrons. The van der Waals surface area contributed by atoms with Crippen molar-refractivity contribution in [3.8, 4) is 0 Å². The van der Waals surface area contributed by atoms with Crippen LogP contribution in [0, 0.1) is 5.92 Å². The number of rotatable bonds is 5. The van der Waals surface area contributed by atoms with Crippen LogP contribution in [0.5, 0.6) is 0 Å². The van der Waals surface area contributed by atoms with Crippen LogP contribution in [-0.4, -0.2) is 54.3 Å². The van der Waals surface area contributed by atoms with Crippen molar-refractivity contribution in [3.63, 3.8) is 0 Å². The monoisotopic (exact) mass is 388 g/mol. The number of amides is 4. The Morgan fingerprint density at radius 1 is 1.30 bits per heavy atom. The number of hydrogen-bond acceptors (Lipinski definition) is 3. The third-order valence-electron chi connectivity index (χ3n) is 5.27. The number of hydrogen-bond donors (Lipinski definition) is 2. The van der Waals surface area contributed by atoms with Crippen molar-refractivity contribution in [1.29, 1.82) is 0 Å². The summed E-state index contributed by atoms with van der Waals surface area (Å²) in [7, 11) is 1.62. The van der Waals surface area contributed by atoms with Crippen molar-refractivity contribution >= 4 is 29.4 Å². The van der Waals surface area contributed by atoms with Crippen molar-refractivity contribution in [3.05, 3.63) is 46.1 Å². The molecule has 0 aromatic heterocycles. The molecule has 0 unspecified atom stereocenters. The fourth-order valence-corrected chi connectivity index (χ4v) is 3.75. The van der Waals surface area contributed by atoms with Crippen molar-refractivity contribution < 1.29 is 14.4 Å². The van der Waals surface area contributed by atoms with Gasteiger partial charge in [-0.15, -0.1) is 0 Å². The number of likely N-dealkylation sites (N-methyl/N-ethyl adjacent to an activating group) is 1. The molecule has 27 heavy (non-hydrogen) atoms. The van der Waals surface area contributed by atoms with Crippen LogP contribution in [0.15, 0.2) is 35.5 Å². The zero-order valence-electron chi connectivity index (χ0n) is 15.0. The molecular weight excluding hydrogens is 368 g/mol. The van der Waals surface area contributed by atoms with E-state index in [9.17, 15) is 14.4 Å². The van der Waals surface area contributed by atoms with Gasteiger partial charge >= 0.3 is 6.03 Å². The Balaban J connectivity index is 1.56. The lowest BCUT2D eigenvalue weighted by Crippen LogP contribution is -2.45. The van der Waals surface area contributed by atoms with E-state index in [2.05, 4.69) is 10.6 Å². The summed E-state index contributed by atoms with van der Waals surface area (Å²) < 4.78 is 0. The summed E-state index contributed by atoms with van der Waals surface area (Å²) in [6, 6.07) is 6.21. The molecule has 1 aromatic carbocycles. The summed E-state index contributed by atoms with van der Waals surface area (Å²) >= 11 is 6.30. The Morgan fingerprint density at radius 3 is 2.74 bits per heavy atom. The highest BCUT2D eigenvalue weighted by molar-refractivity contribution is 6.31. The number of halogens is 1. The molecule has 0 spiro atoms. The van der Waals surface area contributed by atoms with E-state index >= 15 is 0 Å². The average molecular weight is 389 g/mol. The standard InChI is InChI=1S/C19H21ClN4O3/c1-23-14-9-24(10-15(25)21-8-11-6-7-11)18(26)16(14)17(22-19(23)27)12-4-2-3-5-13(12)20/h2-5,11,17H,6-10H2,1H3,(H,21,25)(H,22,27)/t17-/m0/s1. The quantitative estimate of drug-likeness (QED) is 0.804. The van der Waals surface area contributed by atoms with Gasteiger partial charge in [-0.1, -0.05) is 29.8 Å². The molecule has 3 aliphatic rings. The van der Waals surface area contributed by atoms with Gasteiger partial charge in [-0.05, 0) is 30.4 Å². The lowest BCUT2D eigenvalue weighted by molar-refractivity contribution is -0.131. The van der Waals surface area contributed by atoms with Crippen LogP contribution in [0.4, 0.5) is 4.79 Å². The minimum atomic E-state index is -0.621. The Kier molecular flexibility index (Phi) is 4.55. The highest BCUT2D eigenvalue weighted by Gasteiger charge is 2.43. The highest BCUT2D eigenvalue weighted by Crippen LogP contribution is 2.37. The van der Waals surface area contributed by atoms with E-state index in [0.29, 0.717) is 34.3 Å². The van der Waals surface area contributed by atoms with Gasteiger partial charge in [-0.3, -0.25) is 14.5 Å². The van der Waals surface area contributed by atoms with Gasteiger partial charge in [0.1, 0.15) is 6.54 Å². The van der Waals surface area contributed by atoms with E-state index in [1.54, 1.807) is 25.2 Å². The van der Waals surface area contributed by atoms with Gasteiger partial charge in [0, 0.05) is 18.6 Å². The maximum atomic E-state index is 13.0. The van der Waals surface area contributed by atoms with Crippen LogP contribution in [0.1, 0.15) is 24.4 Å². The molecule has 1 saturated carbocycles. The van der Waals surface area contributed by atoms with Crippen molar-refractivity contribution in [2.45, 2.75) is 18.9 Å². The lowest BCUT2D eigenvalue weighted by Gasteiger charge is -2.31.